The number of nitrogens with one attached hydrogen (secondary N) is 1. The van der Waals surface area contributed by atoms with Crippen LogP contribution in [0.15, 0.2) is 42.5 Å². The van der Waals surface area contributed by atoms with Crippen molar-refractivity contribution in [2.45, 2.75) is 62.4 Å². The molecule has 2 aromatic carbocycles. The molecule has 222 valence electrons. The third-order valence-electron chi connectivity index (χ3n) is 8.18. The average molecular weight is 586 g/mol. The fourth-order valence-corrected chi connectivity index (χ4v) is 6.16. The molecular formula is C28H30F7N5O. The maximum Gasteiger partial charge on any atom is 0.416 e. The van der Waals surface area contributed by atoms with Gasteiger partial charge < -0.3 is 9.64 Å². The Labute approximate surface area is 232 Å². The number of nitrogens with zero attached hydrogens (tertiary/aromatic N) is 4. The van der Waals surface area contributed by atoms with Gasteiger partial charge in [-0.1, -0.05) is 12.1 Å². The number of aromatic nitrogens is 4. The van der Waals surface area contributed by atoms with Crippen molar-refractivity contribution >= 4 is 0 Å². The first-order valence-electron chi connectivity index (χ1n) is 13.6. The molecule has 0 unspecified atom stereocenters. The van der Waals surface area contributed by atoms with Gasteiger partial charge in [-0.05, 0) is 103 Å². The average Bonchev–Trinajstić information content (AvgIpc) is 3.60. The quantitative estimate of drug-likeness (QED) is 0.311. The molecular weight excluding hydrogens is 555 g/mol. The molecule has 2 aliphatic rings. The minimum absolute atomic E-state index is 0.0374. The van der Waals surface area contributed by atoms with Crippen LogP contribution in [0.1, 0.15) is 65.6 Å². The molecule has 3 atom stereocenters. The van der Waals surface area contributed by atoms with Crippen molar-refractivity contribution in [2.24, 2.45) is 5.92 Å². The molecule has 0 amide bonds. The van der Waals surface area contributed by atoms with Crippen LogP contribution in [0.25, 0.3) is 0 Å². The number of hydrogen-bond donors (Lipinski definition) is 1. The fraction of sp³-hybridized carbons (Fsp3) is 0.536. The Bertz CT molecular complexity index is 1240. The first-order valence-corrected chi connectivity index (χ1v) is 13.6. The van der Waals surface area contributed by atoms with Crippen LogP contribution in [-0.4, -0.2) is 57.9 Å². The maximum atomic E-state index is 13.7. The molecule has 2 heterocycles. The predicted molar refractivity (Wildman–Crippen MR) is 134 cm³/mol. The summed E-state index contributed by atoms with van der Waals surface area (Å²) in [6, 6.07) is 7.83. The lowest BCUT2D eigenvalue weighted by Gasteiger charge is -2.35. The summed E-state index contributed by atoms with van der Waals surface area (Å²) in [5.41, 5.74) is -1.86. The maximum absolute atomic E-state index is 13.7. The summed E-state index contributed by atoms with van der Waals surface area (Å²) in [5.74, 6) is 0.793. The number of rotatable bonds is 8. The number of H-pyrrole nitrogens is 1. The normalized spacial score (nSPS) is 22.9. The number of hydrogen-bond acceptors (Lipinski definition) is 5. The van der Waals surface area contributed by atoms with Gasteiger partial charge in [0.1, 0.15) is 5.82 Å². The summed E-state index contributed by atoms with van der Waals surface area (Å²) in [4.78, 5) is 2.38. The summed E-state index contributed by atoms with van der Waals surface area (Å²) in [6.45, 7) is 2.48. The molecule has 1 aliphatic carbocycles. The summed E-state index contributed by atoms with van der Waals surface area (Å²) < 4.78 is 99.4. The smallest absolute Gasteiger partial charge is 0.377 e. The molecule has 1 aliphatic heterocycles. The fourth-order valence-electron chi connectivity index (χ4n) is 6.16. The second kappa shape index (κ2) is 12.0. The molecule has 1 saturated heterocycles. The van der Waals surface area contributed by atoms with Crippen LogP contribution in [0.2, 0.25) is 0 Å². The van der Waals surface area contributed by atoms with Gasteiger partial charge in [0.25, 0.3) is 0 Å². The van der Waals surface area contributed by atoms with Crippen molar-refractivity contribution in [1.29, 1.82) is 0 Å². The number of piperidine rings is 1. The van der Waals surface area contributed by atoms with Crippen molar-refractivity contribution in [3.63, 3.8) is 0 Å². The molecule has 0 radical (unpaired) electrons. The van der Waals surface area contributed by atoms with Crippen LogP contribution >= 0.6 is 0 Å². The molecule has 1 aromatic heterocycles. The zero-order valence-corrected chi connectivity index (χ0v) is 22.1. The summed E-state index contributed by atoms with van der Waals surface area (Å²) in [6.07, 6.45) is -6.87. The highest BCUT2D eigenvalue weighted by Gasteiger charge is 2.40. The van der Waals surface area contributed by atoms with Crippen LogP contribution < -0.4 is 0 Å². The molecule has 0 spiro atoms. The van der Waals surface area contributed by atoms with E-state index >= 15 is 0 Å². The van der Waals surface area contributed by atoms with Gasteiger partial charge in [-0.25, -0.2) is 9.49 Å². The summed E-state index contributed by atoms with van der Waals surface area (Å²) in [5, 5.41) is 14.2. The third kappa shape index (κ3) is 7.24. The van der Waals surface area contributed by atoms with Gasteiger partial charge in [-0.3, -0.25) is 0 Å². The van der Waals surface area contributed by atoms with E-state index in [0.717, 1.165) is 62.4 Å². The van der Waals surface area contributed by atoms with Crippen LogP contribution in [0.4, 0.5) is 30.7 Å². The molecule has 0 bridgehead atoms. The van der Waals surface area contributed by atoms with E-state index < -0.39 is 23.5 Å². The molecule has 2 fully saturated rings. The van der Waals surface area contributed by atoms with E-state index in [4.69, 9.17) is 4.74 Å². The topological polar surface area (TPSA) is 66.9 Å². The van der Waals surface area contributed by atoms with Crippen molar-refractivity contribution in [3.05, 3.63) is 76.4 Å². The number of ether oxygens (including phenoxy) is 1. The lowest BCUT2D eigenvalue weighted by molar-refractivity contribution is -0.143. The highest BCUT2D eigenvalue weighted by Crippen LogP contribution is 2.43. The minimum Gasteiger partial charge on any atom is -0.377 e. The number of benzene rings is 2. The van der Waals surface area contributed by atoms with Gasteiger partial charge in [-0.2, -0.15) is 26.3 Å². The highest BCUT2D eigenvalue weighted by atomic mass is 19.4. The predicted octanol–water partition coefficient (Wildman–Crippen LogP) is 6.38. The zero-order valence-electron chi connectivity index (χ0n) is 22.1. The van der Waals surface area contributed by atoms with Gasteiger partial charge in [0.15, 0.2) is 5.82 Å². The third-order valence-corrected chi connectivity index (χ3v) is 8.18. The van der Waals surface area contributed by atoms with Gasteiger partial charge in [0, 0.05) is 18.4 Å². The van der Waals surface area contributed by atoms with Gasteiger partial charge in [-0.15, -0.1) is 5.10 Å². The number of likely N-dealkylation sites (tertiary alicyclic amines) is 1. The molecule has 1 N–H and O–H groups in total. The first kappa shape index (κ1) is 29.4. The number of aromatic amines is 1. The Kier molecular flexibility index (Phi) is 8.65. The van der Waals surface area contributed by atoms with Crippen LogP contribution in [0, 0.1) is 11.7 Å². The van der Waals surface area contributed by atoms with Crippen molar-refractivity contribution < 1.29 is 35.5 Å². The van der Waals surface area contributed by atoms with E-state index in [9.17, 15) is 30.7 Å². The Morgan fingerprint density at radius 1 is 0.878 bits per heavy atom. The van der Waals surface area contributed by atoms with E-state index in [1.807, 2.05) is 0 Å². The standard InChI is InChI=1S/C28H30F7N5O/c29-23-4-1-18(2-5-23)25-20(16-40-10-7-19(8-11-40)26-36-38-39-37-26)3-6-24(25)41-12-9-17-13-21(27(30,31)32)15-22(14-17)28(33,34)35/h1-2,4-5,13-15,19-20,24-25H,3,6-12,16H2,(H,36,37,38,39)/t20-,24-,25-/m0/s1. The van der Waals surface area contributed by atoms with Gasteiger partial charge in [0.05, 0.1) is 23.8 Å². The SMILES string of the molecule is Fc1ccc([C@H]2[C@H](CN3CCC(c4nnn[nH]4)CC3)CC[C@@H]2OCCc2cc(C(F)(F)F)cc(C(F)(F)F)c2)cc1. The molecule has 5 rings (SSSR count). The van der Waals surface area contributed by atoms with E-state index in [1.54, 1.807) is 12.1 Å². The van der Waals surface area contributed by atoms with Crippen molar-refractivity contribution in [2.75, 3.05) is 26.2 Å². The lowest BCUT2D eigenvalue weighted by Crippen LogP contribution is -2.38. The lowest BCUT2D eigenvalue weighted by atomic mass is 9.86. The van der Waals surface area contributed by atoms with Crippen molar-refractivity contribution in [3.8, 4) is 0 Å². The molecule has 41 heavy (non-hydrogen) atoms. The molecule has 13 heteroatoms. The Morgan fingerprint density at radius 2 is 1.54 bits per heavy atom. The van der Waals surface area contributed by atoms with E-state index in [2.05, 4.69) is 25.5 Å². The van der Waals surface area contributed by atoms with Gasteiger partial charge in [0.2, 0.25) is 0 Å². The Morgan fingerprint density at radius 3 is 2.12 bits per heavy atom. The van der Waals surface area contributed by atoms with Gasteiger partial charge >= 0.3 is 12.4 Å². The largest absolute Gasteiger partial charge is 0.416 e. The monoisotopic (exact) mass is 585 g/mol. The molecule has 6 nitrogen and oxygen atoms in total. The van der Waals surface area contributed by atoms with E-state index in [1.165, 1.54) is 12.1 Å². The first-order chi connectivity index (χ1) is 19.5. The second-order valence-corrected chi connectivity index (χ2v) is 10.8. The second-order valence-electron chi connectivity index (χ2n) is 10.8. The Balaban J connectivity index is 1.25. The number of halogens is 7. The molecule has 1 saturated carbocycles. The Hall–Kier alpha value is -3.06. The summed E-state index contributed by atoms with van der Waals surface area (Å²) >= 11 is 0. The van der Waals surface area contributed by atoms with E-state index in [0.29, 0.717) is 6.42 Å². The van der Waals surface area contributed by atoms with Crippen LogP contribution in [-0.2, 0) is 23.5 Å². The number of alkyl halides is 6. The zero-order chi connectivity index (χ0) is 29.2. The van der Waals surface area contributed by atoms with Crippen LogP contribution in [0.5, 0.6) is 0 Å². The van der Waals surface area contributed by atoms with E-state index in [-0.39, 0.29) is 54.3 Å². The number of tetrazole rings is 1. The summed E-state index contributed by atoms with van der Waals surface area (Å²) in [7, 11) is 0. The van der Waals surface area contributed by atoms with Crippen molar-refractivity contribution in [1.82, 2.24) is 25.5 Å². The minimum atomic E-state index is -4.90. The van der Waals surface area contributed by atoms with Crippen LogP contribution in [0.3, 0.4) is 0 Å². The molecule has 3 aromatic rings. The highest BCUT2D eigenvalue weighted by molar-refractivity contribution is 5.34.